The van der Waals surface area contributed by atoms with E-state index in [1.807, 2.05) is 11.3 Å². The first-order chi connectivity index (χ1) is 6.72. The number of hydrogen-bond acceptors (Lipinski definition) is 3. The van der Waals surface area contributed by atoms with Gasteiger partial charge >= 0.3 is 0 Å². The molecule has 1 aromatic heterocycles. The molecule has 0 saturated heterocycles. The lowest BCUT2D eigenvalue weighted by atomic mass is 10.2. The van der Waals surface area contributed by atoms with Crippen LogP contribution in [0.15, 0.2) is 17.5 Å². The van der Waals surface area contributed by atoms with Gasteiger partial charge in [0.1, 0.15) is 0 Å². The molecule has 1 atom stereocenters. The van der Waals surface area contributed by atoms with Crippen LogP contribution in [0, 0.1) is 5.92 Å². The Hall–Kier alpha value is -0.380. The van der Waals surface area contributed by atoms with Crippen LogP contribution in [0.2, 0.25) is 0 Å². The van der Waals surface area contributed by atoms with Crippen molar-refractivity contribution in [3.05, 3.63) is 22.4 Å². The van der Waals surface area contributed by atoms with E-state index in [9.17, 15) is 0 Å². The quantitative estimate of drug-likeness (QED) is 0.779. The first kappa shape index (κ1) is 11.7. The third kappa shape index (κ3) is 4.22. The van der Waals surface area contributed by atoms with Crippen LogP contribution in [-0.4, -0.2) is 31.6 Å². The van der Waals surface area contributed by atoms with E-state index in [1.165, 1.54) is 4.88 Å². The van der Waals surface area contributed by atoms with Crippen molar-refractivity contribution in [2.75, 3.05) is 26.7 Å². The SMILES string of the molecule is CC(CN)CN(C)CCc1cccs1. The zero-order chi connectivity index (χ0) is 10.4. The Morgan fingerprint density at radius 2 is 2.36 bits per heavy atom. The molecule has 1 aromatic rings. The zero-order valence-corrected chi connectivity index (χ0v) is 9.89. The zero-order valence-electron chi connectivity index (χ0n) is 9.07. The summed E-state index contributed by atoms with van der Waals surface area (Å²) in [5.74, 6) is 0.600. The van der Waals surface area contributed by atoms with Crippen LogP contribution in [0.1, 0.15) is 11.8 Å². The van der Waals surface area contributed by atoms with E-state index in [1.54, 1.807) is 0 Å². The number of hydrogen-bond donors (Lipinski definition) is 1. The minimum Gasteiger partial charge on any atom is -0.330 e. The molecule has 0 aliphatic rings. The van der Waals surface area contributed by atoms with Gasteiger partial charge in [-0.2, -0.15) is 0 Å². The third-order valence-electron chi connectivity index (χ3n) is 2.35. The van der Waals surface area contributed by atoms with Gasteiger partial charge < -0.3 is 10.6 Å². The molecule has 0 bridgehead atoms. The molecule has 2 N–H and O–H groups in total. The molecule has 0 saturated carbocycles. The predicted molar refractivity (Wildman–Crippen MR) is 63.7 cm³/mol. The largest absolute Gasteiger partial charge is 0.330 e. The summed E-state index contributed by atoms with van der Waals surface area (Å²) < 4.78 is 0. The summed E-state index contributed by atoms with van der Waals surface area (Å²) in [6.45, 7) is 5.21. The number of rotatable bonds is 6. The summed E-state index contributed by atoms with van der Waals surface area (Å²) in [6.07, 6.45) is 1.16. The Morgan fingerprint density at radius 3 is 2.93 bits per heavy atom. The van der Waals surface area contributed by atoms with Crippen molar-refractivity contribution in [2.24, 2.45) is 11.7 Å². The number of nitrogens with two attached hydrogens (primary N) is 1. The average molecular weight is 212 g/mol. The average Bonchev–Trinajstić information content (AvgIpc) is 2.67. The Labute approximate surface area is 90.7 Å². The fraction of sp³-hybridized carbons (Fsp3) is 0.636. The van der Waals surface area contributed by atoms with Gasteiger partial charge in [0.15, 0.2) is 0 Å². The van der Waals surface area contributed by atoms with Gasteiger partial charge in [0.2, 0.25) is 0 Å². The van der Waals surface area contributed by atoms with Gasteiger partial charge in [0.25, 0.3) is 0 Å². The summed E-state index contributed by atoms with van der Waals surface area (Å²) >= 11 is 1.84. The molecular formula is C11H20N2S. The van der Waals surface area contributed by atoms with Crippen LogP contribution in [0.3, 0.4) is 0 Å². The second-order valence-electron chi connectivity index (χ2n) is 3.93. The molecule has 1 rings (SSSR count). The molecule has 1 heterocycles. The van der Waals surface area contributed by atoms with Crippen molar-refractivity contribution in [3.63, 3.8) is 0 Å². The van der Waals surface area contributed by atoms with E-state index < -0.39 is 0 Å². The van der Waals surface area contributed by atoms with Crippen LogP contribution in [-0.2, 0) is 6.42 Å². The normalized spacial score (nSPS) is 13.4. The Balaban J connectivity index is 2.18. The van der Waals surface area contributed by atoms with Crippen molar-refractivity contribution < 1.29 is 0 Å². The van der Waals surface area contributed by atoms with E-state index in [4.69, 9.17) is 5.73 Å². The highest BCUT2D eigenvalue weighted by Crippen LogP contribution is 2.09. The molecule has 2 nitrogen and oxygen atoms in total. The molecule has 0 aliphatic carbocycles. The highest BCUT2D eigenvalue weighted by atomic mass is 32.1. The minimum atomic E-state index is 0.600. The van der Waals surface area contributed by atoms with E-state index in [-0.39, 0.29) is 0 Å². The molecule has 1 unspecified atom stereocenters. The highest BCUT2D eigenvalue weighted by Gasteiger charge is 2.04. The molecule has 3 heteroatoms. The maximum atomic E-state index is 5.59. The molecule has 0 spiro atoms. The molecule has 0 fully saturated rings. The first-order valence-electron chi connectivity index (χ1n) is 5.13. The second-order valence-corrected chi connectivity index (χ2v) is 4.96. The van der Waals surface area contributed by atoms with Gasteiger partial charge in [0.05, 0.1) is 0 Å². The van der Waals surface area contributed by atoms with E-state index in [0.29, 0.717) is 5.92 Å². The minimum absolute atomic E-state index is 0.600. The lowest BCUT2D eigenvalue weighted by molar-refractivity contribution is 0.293. The number of nitrogens with zero attached hydrogens (tertiary/aromatic N) is 1. The van der Waals surface area contributed by atoms with Gasteiger partial charge in [-0.25, -0.2) is 0 Å². The van der Waals surface area contributed by atoms with E-state index in [2.05, 4.69) is 36.4 Å². The molecule has 80 valence electrons. The maximum Gasteiger partial charge on any atom is 0.00579 e. The fourth-order valence-corrected chi connectivity index (χ4v) is 2.15. The Morgan fingerprint density at radius 1 is 1.57 bits per heavy atom. The van der Waals surface area contributed by atoms with Crippen molar-refractivity contribution in [1.82, 2.24) is 4.90 Å². The maximum absolute atomic E-state index is 5.59. The van der Waals surface area contributed by atoms with Gasteiger partial charge in [-0.1, -0.05) is 13.0 Å². The number of thiophene rings is 1. The van der Waals surface area contributed by atoms with Gasteiger partial charge in [-0.05, 0) is 37.4 Å². The summed E-state index contributed by atoms with van der Waals surface area (Å²) in [6, 6.07) is 4.31. The lowest BCUT2D eigenvalue weighted by Crippen LogP contribution is -2.29. The molecule has 0 aromatic carbocycles. The van der Waals surface area contributed by atoms with Crippen LogP contribution in [0.25, 0.3) is 0 Å². The molecule has 14 heavy (non-hydrogen) atoms. The molecule has 0 amide bonds. The van der Waals surface area contributed by atoms with Gasteiger partial charge in [0, 0.05) is 18.0 Å². The van der Waals surface area contributed by atoms with Crippen LogP contribution < -0.4 is 5.73 Å². The summed E-state index contributed by atoms with van der Waals surface area (Å²) in [5.41, 5.74) is 5.59. The van der Waals surface area contributed by atoms with E-state index in [0.717, 1.165) is 26.1 Å². The summed E-state index contributed by atoms with van der Waals surface area (Å²) in [5, 5.41) is 2.14. The lowest BCUT2D eigenvalue weighted by Gasteiger charge is -2.19. The van der Waals surface area contributed by atoms with Crippen LogP contribution in [0.4, 0.5) is 0 Å². The standard InChI is InChI=1S/C11H20N2S/c1-10(8-12)9-13(2)6-5-11-4-3-7-14-11/h3-4,7,10H,5-6,8-9,12H2,1-2H3. The van der Waals surface area contributed by atoms with Crippen molar-refractivity contribution >= 4 is 11.3 Å². The topological polar surface area (TPSA) is 29.3 Å². The van der Waals surface area contributed by atoms with Gasteiger partial charge in [-0.15, -0.1) is 11.3 Å². The predicted octanol–water partition coefficient (Wildman–Crippen LogP) is 1.82. The molecule has 0 aliphatic heterocycles. The molecule has 0 radical (unpaired) electrons. The van der Waals surface area contributed by atoms with Crippen molar-refractivity contribution in [2.45, 2.75) is 13.3 Å². The van der Waals surface area contributed by atoms with Crippen LogP contribution >= 0.6 is 11.3 Å². The van der Waals surface area contributed by atoms with Crippen molar-refractivity contribution in [1.29, 1.82) is 0 Å². The van der Waals surface area contributed by atoms with Crippen molar-refractivity contribution in [3.8, 4) is 0 Å². The fourth-order valence-electron chi connectivity index (χ4n) is 1.45. The highest BCUT2D eigenvalue weighted by molar-refractivity contribution is 7.09. The van der Waals surface area contributed by atoms with Gasteiger partial charge in [-0.3, -0.25) is 0 Å². The Kier molecular flexibility index (Phi) is 5.15. The monoisotopic (exact) mass is 212 g/mol. The van der Waals surface area contributed by atoms with E-state index >= 15 is 0 Å². The van der Waals surface area contributed by atoms with Crippen LogP contribution in [0.5, 0.6) is 0 Å². The summed E-state index contributed by atoms with van der Waals surface area (Å²) in [7, 11) is 2.17. The smallest absolute Gasteiger partial charge is 0.00579 e. The molecular weight excluding hydrogens is 192 g/mol. The first-order valence-corrected chi connectivity index (χ1v) is 6.01. The summed E-state index contributed by atoms with van der Waals surface area (Å²) in [4.78, 5) is 3.83. The second kappa shape index (κ2) is 6.17. The third-order valence-corrected chi connectivity index (χ3v) is 3.28. The number of likely N-dealkylation sites (N-methyl/N-ethyl adjacent to an activating group) is 1. The Bertz CT molecular complexity index is 233.